The maximum atomic E-state index is 13.3. The summed E-state index contributed by atoms with van der Waals surface area (Å²) in [7, 11) is 0. The van der Waals surface area contributed by atoms with Gasteiger partial charge in [0.25, 0.3) is 0 Å². The number of ether oxygens (including phenoxy) is 1. The summed E-state index contributed by atoms with van der Waals surface area (Å²) < 4.78 is 18.6. The molecule has 0 fully saturated rings. The van der Waals surface area contributed by atoms with E-state index in [2.05, 4.69) is 9.97 Å². The molecule has 1 aromatic carbocycles. The smallest absolute Gasteiger partial charge is 0.161 e. The molecular formula is C14H12ClFN2O. The van der Waals surface area contributed by atoms with Crippen molar-refractivity contribution in [3.63, 3.8) is 0 Å². The van der Waals surface area contributed by atoms with E-state index in [0.29, 0.717) is 29.8 Å². The number of aromatic nitrogens is 2. The van der Waals surface area contributed by atoms with E-state index >= 15 is 0 Å². The SMILES string of the molecule is Cc1cc(-c2nc(Cl)c3c(n2)CCOC3)ccc1F. The lowest BCUT2D eigenvalue weighted by atomic mass is 10.1. The van der Waals surface area contributed by atoms with E-state index in [-0.39, 0.29) is 5.82 Å². The van der Waals surface area contributed by atoms with Crippen LogP contribution in [0.25, 0.3) is 11.4 Å². The molecule has 0 N–H and O–H groups in total. The zero-order valence-corrected chi connectivity index (χ0v) is 11.2. The molecule has 0 amide bonds. The predicted molar refractivity (Wildman–Crippen MR) is 70.5 cm³/mol. The van der Waals surface area contributed by atoms with E-state index in [1.54, 1.807) is 19.1 Å². The number of benzene rings is 1. The van der Waals surface area contributed by atoms with Crippen molar-refractivity contribution in [1.82, 2.24) is 9.97 Å². The fraction of sp³-hybridized carbons (Fsp3) is 0.286. The Morgan fingerprint density at radius 3 is 2.95 bits per heavy atom. The van der Waals surface area contributed by atoms with Gasteiger partial charge in [-0.25, -0.2) is 14.4 Å². The van der Waals surface area contributed by atoms with Crippen molar-refractivity contribution < 1.29 is 9.13 Å². The number of nitrogens with zero attached hydrogens (tertiary/aromatic N) is 2. The van der Waals surface area contributed by atoms with Gasteiger partial charge in [0.15, 0.2) is 5.82 Å². The Morgan fingerprint density at radius 2 is 2.16 bits per heavy atom. The number of hydrogen-bond donors (Lipinski definition) is 0. The second-order valence-electron chi connectivity index (χ2n) is 4.53. The van der Waals surface area contributed by atoms with Crippen LogP contribution in [0.15, 0.2) is 18.2 Å². The van der Waals surface area contributed by atoms with Crippen LogP contribution in [0.4, 0.5) is 4.39 Å². The monoisotopic (exact) mass is 278 g/mol. The van der Waals surface area contributed by atoms with Gasteiger partial charge in [0, 0.05) is 17.5 Å². The third-order valence-corrected chi connectivity index (χ3v) is 3.50. The standard InChI is InChI=1S/C14H12ClFN2O/c1-8-6-9(2-3-11(8)16)14-17-12-4-5-19-7-10(12)13(15)18-14/h2-3,6H,4-5,7H2,1H3. The van der Waals surface area contributed by atoms with Crippen molar-refractivity contribution in [2.45, 2.75) is 20.0 Å². The predicted octanol–water partition coefficient (Wildman–Crippen LogP) is 3.32. The normalized spacial score (nSPS) is 14.3. The Kier molecular flexibility index (Phi) is 3.21. The third-order valence-electron chi connectivity index (χ3n) is 3.19. The molecule has 1 aliphatic heterocycles. The van der Waals surface area contributed by atoms with Gasteiger partial charge in [0.2, 0.25) is 0 Å². The Bertz CT molecular complexity index is 646. The maximum Gasteiger partial charge on any atom is 0.161 e. The minimum absolute atomic E-state index is 0.235. The molecule has 98 valence electrons. The largest absolute Gasteiger partial charge is 0.376 e. The van der Waals surface area contributed by atoms with Crippen molar-refractivity contribution in [3.8, 4) is 11.4 Å². The van der Waals surface area contributed by atoms with Gasteiger partial charge in [-0.3, -0.25) is 0 Å². The summed E-state index contributed by atoms with van der Waals surface area (Å²) in [6.45, 7) is 2.81. The van der Waals surface area contributed by atoms with E-state index in [1.165, 1.54) is 6.07 Å². The van der Waals surface area contributed by atoms with Gasteiger partial charge in [0.05, 0.1) is 18.9 Å². The zero-order chi connectivity index (χ0) is 13.4. The molecule has 0 bridgehead atoms. The van der Waals surface area contributed by atoms with Gasteiger partial charge in [-0.2, -0.15) is 0 Å². The summed E-state index contributed by atoms with van der Waals surface area (Å²) in [6.07, 6.45) is 0.727. The molecule has 1 aliphatic rings. The summed E-state index contributed by atoms with van der Waals surface area (Å²) in [5.74, 6) is 0.301. The molecule has 2 aromatic rings. The van der Waals surface area contributed by atoms with Gasteiger partial charge < -0.3 is 4.74 Å². The average Bonchev–Trinajstić information content (AvgIpc) is 2.42. The minimum atomic E-state index is -0.235. The molecule has 5 heteroatoms. The van der Waals surface area contributed by atoms with Crippen molar-refractivity contribution >= 4 is 11.6 Å². The topological polar surface area (TPSA) is 35.0 Å². The van der Waals surface area contributed by atoms with Crippen LogP contribution in [-0.2, 0) is 17.8 Å². The molecule has 0 aliphatic carbocycles. The maximum absolute atomic E-state index is 13.3. The molecule has 1 aromatic heterocycles. The van der Waals surface area contributed by atoms with Gasteiger partial charge >= 0.3 is 0 Å². The van der Waals surface area contributed by atoms with E-state index < -0.39 is 0 Å². The summed E-state index contributed by atoms with van der Waals surface area (Å²) in [6, 6.07) is 4.82. The lowest BCUT2D eigenvalue weighted by molar-refractivity contribution is 0.109. The molecule has 0 saturated carbocycles. The van der Waals surface area contributed by atoms with Crippen LogP contribution < -0.4 is 0 Å². The first-order valence-corrected chi connectivity index (χ1v) is 6.42. The molecule has 0 spiro atoms. The number of aryl methyl sites for hydroxylation is 1. The highest BCUT2D eigenvalue weighted by molar-refractivity contribution is 6.30. The number of hydrogen-bond acceptors (Lipinski definition) is 3. The van der Waals surface area contributed by atoms with Crippen LogP contribution in [0, 0.1) is 12.7 Å². The highest BCUT2D eigenvalue weighted by Gasteiger charge is 2.18. The molecule has 19 heavy (non-hydrogen) atoms. The van der Waals surface area contributed by atoms with Gasteiger partial charge in [0.1, 0.15) is 11.0 Å². The van der Waals surface area contributed by atoms with E-state index in [4.69, 9.17) is 16.3 Å². The van der Waals surface area contributed by atoms with E-state index in [9.17, 15) is 4.39 Å². The van der Waals surface area contributed by atoms with Crippen molar-refractivity contribution in [3.05, 3.63) is 46.0 Å². The number of rotatable bonds is 1. The molecule has 0 unspecified atom stereocenters. The molecule has 2 heterocycles. The molecule has 0 radical (unpaired) electrons. The molecule has 0 atom stereocenters. The van der Waals surface area contributed by atoms with Crippen LogP contribution in [0.3, 0.4) is 0 Å². The average molecular weight is 279 g/mol. The Balaban J connectivity index is 2.10. The number of fused-ring (bicyclic) bond motifs is 1. The molecule has 0 saturated heterocycles. The highest BCUT2D eigenvalue weighted by Crippen LogP contribution is 2.26. The third kappa shape index (κ3) is 2.33. The fourth-order valence-corrected chi connectivity index (χ4v) is 2.35. The molecular weight excluding hydrogens is 267 g/mol. The van der Waals surface area contributed by atoms with Crippen molar-refractivity contribution in [2.75, 3.05) is 6.61 Å². The van der Waals surface area contributed by atoms with Crippen LogP contribution in [0.1, 0.15) is 16.8 Å². The van der Waals surface area contributed by atoms with Crippen molar-refractivity contribution in [1.29, 1.82) is 0 Å². The summed E-state index contributed by atoms with van der Waals surface area (Å²) in [4.78, 5) is 8.80. The minimum Gasteiger partial charge on any atom is -0.376 e. The lowest BCUT2D eigenvalue weighted by Crippen LogP contribution is -2.14. The second-order valence-corrected chi connectivity index (χ2v) is 4.89. The van der Waals surface area contributed by atoms with Crippen LogP contribution in [0.2, 0.25) is 5.15 Å². The van der Waals surface area contributed by atoms with Crippen LogP contribution >= 0.6 is 11.6 Å². The first-order chi connectivity index (χ1) is 9.15. The van der Waals surface area contributed by atoms with Gasteiger partial charge in [-0.1, -0.05) is 11.6 Å². The number of halogens is 2. The first kappa shape index (κ1) is 12.5. The Labute approximate surface area is 115 Å². The molecule has 3 rings (SSSR count). The van der Waals surface area contributed by atoms with Gasteiger partial charge in [-0.05, 0) is 30.7 Å². The quantitative estimate of drug-likeness (QED) is 0.751. The fourth-order valence-electron chi connectivity index (χ4n) is 2.11. The summed E-state index contributed by atoms with van der Waals surface area (Å²) in [5.41, 5.74) is 3.12. The first-order valence-electron chi connectivity index (χ1n) is 6.04. The Morgan fingerprint density at radius 1 is 1.32 bits per heavy atom. The summed E-state index contributed by atoms with van der Waals surface area (Å²) >= 11 is 6.16. The van der Waals surface area contributed by atoms with Crippen LogP contribution in [0.5, 0.6) is 0 Å². The summed E-state index contributed by atoms with van der Waals surface area (Å²) in [5, 5.41) is 0.418. The van der Waals surface area contributed by atoms with Gasteiger partial charge in [-0.15, -0.1) is 0 Å². The van der Waals surface area contributed by atoms with Crippen LogP contribution in [-0.4, -0.2) is 16.6 Å². The lowest BCUT2D eigenvalue weighted by Gasteiger charge is -2.17. The highest BCUT2D eigenvalue weighted by atomic mass is 35.5. The zero-order valence-electron chi connectivity index (χ0n) is 10.4. The van der Waals surface area contributed by atoms with E-state index in [1.807, 2.05) is 0 Å². The Hall–Kier alpha value is -1.52. The second kappa shape index (κ2) is 4.87. The van der Waals surface area contributed by atoms with E-state index in [0.717, 1.165) is 23.2 Å². The molecule has 3 nitrogen and oxygen atoms in total. The van der Waals surface area contributed by atoms with Crippen molar-refractivity contribution in [2.24, 2.45) is 0 Å².